The summed E-state index contributed by atoms with van der Waals surface area (Å²) in [4.78, 5) is 18.1. The summed E-state index contributed by atoms with van der Waals surface area (Å²) in [5.41, 5.74) is 1.71. The topological polar surface area (TPSA) is 45.8 Å². The summed E-state index contributed by atoms with van der Waals surface area (Å²) in [5.74, 6) is 0.899. The fourth-order valence-electron chi connectivity index (χ4n) is 1.29. The Morgan fingerprint density at radius 1 is 1.27 bits per heavy atom. The zero-order chi connectivity index (χ0) is 9.97. The lowest BCUT2D eigenvalue weighted by atomic mass is 10.1. The molecule has 3 nitrogen and oxygen atoms in total. The van der Waals surface area contributed by atoms with Crippen molar-refractivity contribution in [2.75, 3.05) is 0 Å². The summed E-state index contributed by atoms with van der Waals surface area (Å²) < 4.78 is 0. The summed E-state index contributed by atoms with van der Waals surface area (Å²) in [6, 6.07) is 7.38. The number of imidazole rings is 1. The maximum Gasteiger partial charge on any atom is 0.159 e. The van der Waals surface area contributed by atoms with Crippen molar-refractivity contribution in [2.45, 2.75) is 14.4 Å². The molecular formula is C12H14N2O. The third-order valence-electron chi connectivity index (χ3n) is 2.06. The van der Waals surface area contributed by atoms with E-state index in [9.17, 15) is 4.79 Å². The Bertz CT molecular complexity index is 429. The average molecular weight is 202 g/mol. The van der Waals surface area contributed by atoms with Crippen LogP contribution in [0.25, 0.3) is 11.4 Å². The molecule has 3 heteroatoms. The standard InChI is InChI=1S/C11H10N2O.CH4/c1-8(14)9-2-4-10(5-3-9)11-12-6-7-13-11;/h2-7H,1H3,(H,12,13);1H4. The van der Waals surface area contributed by atoms with Crippen LogP contribution in [-0.2, 0) is 0 Å². The van der Waals surface area contributed by atoms with Crippen LogP contribution in [0.3, 0.4) is 0 Å². The first-order chi connectivity index (χ1) is 6.77. The average Bonchev–Trinajstić information content (AvgIpc) is 2.71. The van der Waals surface area contributed by atoms with Gasteiger partial charge in [-0.2, -0.15) is 0 Å². The molecule has 0 atom stereocenters. The molecule has 1 N–H and O–H groups in total. The molecule has 0 amide bonds. The Hall–Kier alpha value is -1.90. The lowest BCUT2D eigenvalue weighted by Crippen LogP contribution is -1.91. The first kappa shape index (κ1) is 11.2. The van der Waals surface area contributed by atoms with Gasteiger partial charge in [-0.3, -0.25) is 4.79 Å². The summed E-state index contributed by atoms with van der Waals surface area (Å²) in [7, 11) is 0. The normalized spacial score (nSPS) is 9.40. The van der Waals surface area contributed by atoms with E-state index in [4.69, 9.17) is 0 Å². The van der Waals surface area contributed by atoms with Crippen molar-refractivity contribution in [3.63, 3.8) is 0 Å². The Morgan fingerprint density at radius 2 is 1.93 bits per heavy atom. The molecule has 2 rings (SSSR count). The smallest absolute Gasteiger partial charge is 0.159 e. The van der Waals surface area contributed by atoms with Crippen LogP contribution >= 0.6 is 0 Å². The van der Waals surface area contributed by atoms with Gasteiger partial charge in [0.05, 0.1) is 0 Å². The quantitative estimate of drug-likeness (QED) is 0.761. The molecule has 0 unspecified atom stereocenters. The lowest BCUT2D eigenvalue weighted by Gasteiger charge is -1.98. The van der Waals surface area contributed by atoms with Gasteiger partial charge in [-0.1, -0.05) is 31.7 Å². The molecule has 1 aromatic carbocycles. The number of H-pyrrole nitrogens is 1. The van der Waals surface area contributed by atoms with Crippen LogP contribution in [0.15, 0.2) is 36.7 Å². The Morgan fingerprint density at radius 3 is 2.40 bits per heavy atom. The van der Waals surface area contributed by atoms with Gasteiger partial charge >= 0.3 is 0 Å². The van der Waals surface area contributed by atoms with Gasteiger partial charge in [0, 0.05) is 23.5 Å². The number of Topliss-reactive ketones (excluding diaryl/α,β-unsaturated/α-hetero) is 1. The minimum Gasteiger partial charge on any atom is -0.345 e. The number of ketones is 1. The van der Waals surface area contributed by atoms with Crippen molar-refractivity contribution in [3.8, 4) is 11.4 Å². The van der Waals surface area contributed by atoms with Crippen LogP contribution in [0.2, 0.25) is 0 Å². The van der Waals surface area contributed by atoms with Gasteiger partial charge in [-0.15, -0.1) is 0 Å². The predicted molar refractivity (Wildman–Crippen MR) is 60.8 cm³/mol. The molecule has 0 saturated heterocycles. The molecule has 2 aromatic rings. The number of hydrogen-bond donors (Lipinski definition) is 1. The zero-order valence-corrected chi connectivity index (χ0v) is 7.82. The zero-order valence-electron chi connectivity index (χ0n) is 7.82. The SMILES string of the molecule is C.CC(=O)c1ccc(-c2ncc[nH]2)cc1. The van der Waals surface area contributed by atoms with Crippen molar-refractivity contribution >= 4 is 5.78 Å². The summed E-state index contributed by atoms with van der Waals surface area (Å²) in [6.07, 6.45) is 3.47. The maximum absolute atomic E-state index is 11.0. The minimum absolute atomic E-state index is 0. The van der Waals surface area contributed by atoms with E-state index in [1.807, 2.05) is 12.1 Å². The van der Waals surface area contributed by atoms with E-state index in [1.54, 1.807) is 31.5 Å². The van der Waals surface area contributed by atoms with E-state index in [2.05, 4.69) is 9.97 Å². The maximum atomic E-state index is 11.0. The van der Waals surface area contributed by atoms with E-state index in [0.717, 1.165) is 17.0 Å². The van der Waals surface area contributed by atoms with Gasteiger partial charge in [0.1, 0.15) is 5.82 Å². The molecule has 0 fully saturated rings. The number of benzene rings is 1. The number of carbonyl (C=O) groups is 1. The van der Waals surface area contributed by atoms with Crippen molar-refractivity contribution in [2.24, 2.45) is 0 Å². The number of nitrogens with zero attached hydrogens (tertiary/aromatic N) is 1. The highest BCUT2D eigenvalue weighted by Crippen LogP contribution is 2.14. The van der Waals surface area contributed by atoms with Crippen LogP contribution in [0, 0.1) is 0 Å². The molecule has 0 spiro atoms. The molecule has 1 heterocycles. The predicted octanol–water partition coefficient (Wildman–Crippen LogP) is 2.92. The highest BCUT2D eigenvalue weighted by Gasteiger charge is 2.01. The molecule has 78 valence electrons. The number of rotatable bonds is 2. The number of nitrogens with one attached hydrogen (secondary N) is 1. The Labute approximate surface area is 89.2 Å². The van der Waals surface area contributed by atoms with Crippen LogP contribution < -0.4 is 0 Å². The molecule has 15 heavy (non-hydrogen) atoms. The van der Waals surface area contributed by atoms with Gasteiger partial charge in [-0.05, 0) is 6.92 Å². The number of aromatic nitrogens is 2. The van der Waals surface area contributed by atoms with Gasteiger partial charge in [0.15, 0.2) is 5.78 Å². The third kappa shape index (κ3) is 2.31. The molecule has 1 aromatic heterocycles. The minimum atomic E-state index is 0. The van der Waals surface area contributed by atoms with Gasteiger partial charge in [-0.25, -0.2) is 4.98 Å². The van der Waals surface area contributed by atoms with E-state index in [1.165, 1.54) is 0 Å². The Kier molecular flexibility index (Phi) is 3.39. The second-order valence-electron chi connectivity index (χ2n) is 3.07. The summed E-state index contributed by atoms with van der Waals surface area (Å²) in [6.45, 7) is 1.56. The van der Waals surface area contributed by atoms with Gasteiger partial charge < -0.3 is 4.98 Å². The lowest BCUT2D eigenvalue weighted by molar-refractivity contribution is 0.101. The molecule has 0 saturated carbocycles. The first-order valence-corrected chi connectivity index (χ1v) is 4.38. The van der Waals surface area contributed by atoms with E-state index >= 15 is 0 Å². The fraction of sp³-hybridized carbons (Fsp3) is 0.167. The van der Waals surface area contributed by atoms with Crippen molar-refractivity contribution in [3.05, 3.63) is 42.2 Å². The van der Waals surface area contributed by atoms with Crippen LogP contribution in [0.1, 0.15) is 24.7 Å². The summed E-state index contributed by atoms with van der Waals surface area (Å²) in [5, 5.41) is 0. The molecule has 0 radical (unpaired) electrons. The number of hydrogen-bond acceptors (Lipinski definition) is 2. The van der Waals surface area contributed by atoms with E-state index in [-0.39, 0.29) is 13.2 Å². The van der Waals surface area contributed by atoms with Crippen LogP contribution in [0.5, 0.6) is 0 Å². The largest absolute Gasteiger partial charge is 0.345 e. The van der Waals surface area contributed by atoms with Crippen molar-refractivity contribution < 1.29 is 4.79 Å². The molecular weight excluding hydrogens is 188 g/mol. The second-order valence-corrected chi connectivity index (χ2v) is 3.07. The van der Waals surface area contributed by atoms with Gasteiger partial charge in [0.2, 0.25) is 0 Å². The van der Waals surface area contributed by atoms with Gasteiger partial charge in [0.25, 0.3) is 0 Å². The highest BCUT2D eigenvalue weighted by atomic mass is 16.1. The molecule has 0 aliphatic rings. The molecule has 0 bridgehead atoms. The van der Waals surface area contributed by atoms with Crippen molar-refractivity contribution in [1.29, 1.82) is 0 Å². The fourth-order valence-corrected chi connectivity index (χ4v) is 1.29. The van der Waals surface area contributed by atoms with Crippen LogP contribution in [-0.4, -0.2) is 15.8 Å². The summed E-state index contributed by atoms with van der Waals surface area (Å²) >= 11 is 0. The second kappa shape index (κ2) is 4.55. The number of carbonyl (C=O) groups excluding carboxylic acids is 1. The van der Waals surface area contributed by atoms with E-state index < -0.39 is 0 Å². The van der Waals surface area contributed by atoms with E-state index in [0.29, 0.717) is 0 Å². The third-order valence-corrected chi connectivity index (χ3v) is 2.06. The molecule has 0 aliphatic heterocycles. The monoisotopic (exact) mass is 202 g/mol. The first-order valence-electron chi connectivity index (χ1n) is 4.38. The number of aromatic amines is 1. The van der Waals surface area contributed by atoms with Crippen molar-refractivity contribution in [1.82, 2.24) is 9.97 Å². The Balaban J connectivity index is 0.00000112. The highest BCUT2D eigenvalue weighted by molar-refractivity contribution is 5.94. The molecule has 0 aliphatic carbocycles. The van der Waals surface area contributed by atoms with Crippen LogP contribution in [0.4, 0.5) is 0 Å².